The molecule has 0 aliphatic carbocycles. The number of carboxylic acids is 1. The van der Waals surface area contributed by atoms with Gasteiger partial charge in [-0.05, 0) is 24.3 Å². The van der Waals surface area contributed by atoms with Gasteiger partial charge in [-0.1, -0.05) is 30.0 Å². The highest BCUT2D eigenvalue weighted by Crippen LogP contribution is 2.21. The van der Waals surface area contributed by atoms with Gasteiger partial charge >= 0.3 is 5.97 Å². The lowest BCUT2D eigenvalue weighted by molar-refractivity contribution is -0.268. The highest BCUT2D eigenvalue weighted by Gasteiger charge is 2.16. The molecule has 0 saturated heterocycles. The first-order valence-corrected chi connectivity index (χ1v) is 7.01. The van der Waals surface area contributed by atoms with Crippen molar-refractivity contribution in [3.63, 3.8) is 0 Å². The third kappa shape index (κ3) is 2.89. The average molecular weight is 292 g/mol. The van der Waals surface area contributed by atoms with Crippen LogP contribution in [0.15, 0.2) is 53.4 Å². The lowest BCUT2D eigenvalue weighted by atomic mass is 10.2. The molecule has 0 fully saturated rings. The lowest BCUT2D eigenvalue weighted by Crippen LogP contribution is -2.14. The average Bonchev–Trinajstić information content (AvgIpc) is 2.39. The van der Waals surface area contributed by atoms with E-state index in [1.807, 2.05) is 0 Å². The molecule has 0 saturated carbocycles. The summed E-state index contributed by atoms with van der Waals surface area (Å²) in [6.45, 7) is 0. The molecule has 0 atom stereocenters. The Morgan fingerprint density at radius 2 is 1.75 bits per heavy atom. The molecule has 0 heterocycles. The van der Waals surface area contributed by atoms with Crippen LogP contribution < -0.4 is 9.83 Å². The summed E-state index contributed by atoms with van der Waals surface area (Å²) in [7, 11) is -3.94. The maximum absolute atomic E-state index is 12.1. The van der Waals surface area contributed by atoms with E-state index < -0.39 is 27.3 Å². The largest absolute Gasteiger partial charge is 0.872 e. The van der Waals surface area contributed by atoms with Gasteiger partial charge in [0.05, 0.1) is 10.5 Å². The Hall–Kier alpha value is -2.54. The van der Waals surface area contributed by atoms with Crippen molar-refractivity contribution in [2.24, 2.45) is 0 Å². The fourth-order valence-electron chi connectivity index (χ4n) is 1.56. The fourth-order valence-corrected chi connectivity index (χ4v) is 2.65. The van der Waals surface area contributed by atoms with Crippen LogP contribution >= 0.6 is 0 Å². The minimum Gasteiger partial charge on any atom is -0.872 e. The molecule has 0 radical (unpaired) electrons. The molecule has 2 aromatic rings. The van der Waals surface area contributed by atoms with Gasteiger partial charge in [0.1, 0.15) is 0 Å². The highest BCUT2D eigenvalue weighted by molar-refractivity contribution is 7.92. The molecule has 0 amide bonds. The van der Waals surface area contributed by atoms with Gasteiger partial charge in [0.2, 0.25) is 0 Å². The third-order valence-corrected chi connectivity index (χ3v) is 3.90. The number of rotatable bonds is 4. The second-order valence-corrected chi connectivity index (χ2v) is 5.62. The van der Waals surface area contributed by atoms with E-state index in [1.54, 1.807) is 30.3 Å². The van der Waals surface area contributed by atoms with Gasteiger partial charge in [0, 0.05) is 5.69 Å². The quantitative estimate of drug-likeness (QED) is 0.882. The van der Waals surface area contributed by atoms with Gasteiger partial charge in [0.25, 0.3) is 10.0 Å². The summed E-state index contributed by atoms with van der Waals surface area (Å²) in [6, 6.07) is 11.0. The van der Waals surface area contributed by atoms with Crippen molar-refractivity contribution in [2.45, 2.75) is 4.90 Å². The molecular formula is C13H10NO5S-. The molecule has 2 aromatic carbocycles. The van der Waals surface area contributed by atoms with E-state index in [-0.39, 0.29) is 4.90 Å². The van der Waals surface area contributed by atoms with Crippen LogP contribution in [0.1, 0.15) is 10.4 Å². The van der Waals surface area contributed by atoms with Crippen molar-refractivity contribution in [1.82, 2.24) is 0 Å². The van der Waals surface area contributed by atoms with Crippen LogP contribution in [0.25, 0.3) is 0 Å². The third-order valence-electron chi connectivity index (χ3n) is 2.52. The molecule has 0 aliphatic rings. The van der Waals surface area contributed by atoms with Gasteiger partial charge in [-0.2, -0.15) is 0 Å². The van der Waals surface area contributed by atoms with E-state index in [1.165, 1.54) is 0 Å². The first-order valence-electron chi connectivity index (χ1n) is 5.52. The summed E-state index contributed by atoms with van der Waals surface area (Å²) in [4.78, 5) is 10.6. The van der Waals surface area contributed by atoms with E-state index in [2.05, 4.69) is 4.72 Å². The molecule has 7 heteroatoms. The normalized spacial score (nSPS) is 11.0. The van der Waals surface area contributed by atoms with Crippen LogP contribution in [-0.2, 0) is 10.0 Å². The van der Waals surface area contributed by atoms with E-state index in [0.717, 1.165) is 18.2 Å². The number of anilines is 1. The zero-order valence-electron chi connectivity index (χ0n) is 10.1. The van der Waals surface area contributed by atoms with Gasteiger partial charge in [-0.25, -0.2) is 13.2 Å². The summed E-state index contributed by atoms with van der Waals surface area (Å²) in [5.41, 5.74) is -0.239. The van der Waals surface area contributed by atoms with Crippen molar-refractivity contribution in [3.05, 3.63) is 54.1 Å². The van der Waals surface area contributed by atoms with Gasteiger partial charge in [0.15, 0.2) is 0 Å². The SMILES string of the molecule is O=C(O)c1cc(S(=O)(=O)Nc2ccccc2)ccc1[O-]. The fraction of sp³-hybridized carbons (Fsp3) is 0. The summed E-state index contributed by atoms with van der Waals surface area (Å²) in [5, 5.41) is 20.1. The van der Waals surface area contributed by atoms with Crippen LogP contribution in [0.5, 0.6) is 5.75 Å². The number of hydrogen-bond acceptors (Lipinski definition) is 4. The topological polar surface area (TPSA) is 107 Å². The number of carbonyl (C=O) groups is 1. The van der Waals surface area contributed by atoms with Crippen molar-refractivity contribution in [3.8, 4) is 5.75 Å². The summed E-state index contributed by atoms with van der Waals surface area (Å²) < 4.78 is 26.5. The summed E-state index contributed by atoms with van der Waals surface area (Å²) in [6.07, 6.45) is 0. The Bertz CT molecular complexity index is 741. The van der Waals surface area contributed by atoms with E-state index >= 15 is 0 Å². The smallest absolute Gasteiger partial charge is 0.335 e. The molecule has 2 N–H and O–H groups in total. The van der Waals surface area contributed by atoms with E-state index in [9.17, 15) is 18.3 Å². The zero-order chi connectivity index (χ0) is 14.8. The number of para-hydroxylation sites is 1. The highest BCUT2D eigenvalue weighted by atomic mass is 32.2. The Kier molecular flexibility index (Phi) is 3.62. The number of sulfonamides is 1. The molecule has 0 aliphatic heterocycles. The standard InChI is InChI=1S/C13H11NO5S/c15-12-7-6-10(8-11(12)13(16)17)20(18,19)14-9-4-2-1-3-5-9/h1-8,14-15H,(H,16,17)/p-1. The first-order chi connectivity index (χ1) is 9.40. The molecule has 104 valence electrons. The first kappa shape index (κ1) is 13.9. The number of hydrogen-bond donors (Lipinski definition) is 2. The van der Waals surface area contributed by atoms with Crippen molar-refractivity contribution in [1.29, 1.82) is 0 Å². The molecule has 2 rings (SSSR count). The van der Waals surface area contributed by atoms with Gasteiger partial charge in [-0.3, -0.25) is 4.72 Å². The Morgan fingerprint density at radius 3 is 2.35 bits per heavy atom. The van der Waals surface area contributed by atoms with Crippen LogP contribution in [0.2, 0.25) is 0 Å². The summed E-state index contributed by atoms with van der Waals surface area (Å²) >= 11 is 0. The molecular weight excluding hydrogens is 282 g/mol. The van der Waals surface area contributed by atoms with Crippen LogP contribution in [0, 0.1) is 0 Å². The molecule has 0 unspecified atom stereocenters. The predicted molar refractivity (Wildman–Crippen MR) is 70.1 cm³/mol. The number of nitrogens with one attached hydrogen (secondary N) is 1. The molecule has 6 nitrogen and oxygen atoms in total. The lowest BCUT2D eigenvalue weighted by Gasteiger charge is -2.13. The zero-order valence-corrected chi connectivity index (χ0v) is 10.9. The van der Waals surface area contributed by atoms with Crippen LogP contribution in [0.4, 0.5) is 5.69 Å². The molecule has 0 spiro atoms. The van der Waals surface area contributed by atoms with E-state index in [4.69, 9.17) is 5.11 Å². The van der Waals surface area contributed by atoms with Crippen LogP contribution in [0.3, 0.4) is 0 Å². The van der Waals surface area contributed by atoms with Crippen molar-refractivity contribution >= 4 is 21.7 Å². The van der Waals surface area contributed by atoms with Crippen molar-refractivity contribution in [2.75, 3.05) is 4.72 Å². The molecule has 0 aromatic heterocycles. The number of aromatic carboxylic acids is 1. The minimum atomic E-state index is -3.94. The maximum Gasteiger partial charge on any atom is 0.335 e. The number of benzene rings is 2. The maximum atomic E-state index is 12.1. The summed E-state index contributed by atoms with van der Waals surface area (Å²) in [5.74, 6) is -2.21. The monoisotopic (exact) mass is 292 g/mol. The van der Waals surface area contributed by atoms with Gasteiger partial charge in [-0.15, -0.1) is 0 Å². The number of carboxylic acid groups (broad SMARTS) is 1. The molecule has 20 heavy (non-hydrogen) atoms. The van der Waals surface area contributed by atoms with Gasteiger partial charge < -0.3 is 10.2 Å². The second-order valence-electron chi connectivity index (χ2n) is 3.93. The second kappa shape index (κ2) is 5.22. The van der Waals surface area contributed by atoms with Crippen LogP contribution in [-0.4, -0.2) is 19.5 Å². The Labute approximate surface area is 115 Å². The van der Waals surface area contributed by atoms with Crippen molar-refractivity contribution < 1.29 is 23.4 Å². The molecule has 0 bridgehead atoms. The Balaban J connectivity index is 2.40. The Morgan fingerprint density at radius 1 is 1.10 bits per heavy atom. The predicted octanol–water partition coefficient (Wildman–Crippen LogP) is 1.26. The van der Waals surface area contributed by atoms with E-state index in [0.29, 0.717) is 5.69 Å². The minimum absolute atomic E-state index is 0.279.